The molecule has 5 unspecified atom stereocenters. The van der Waals surface area contributed by atoms with E-state index in [4.69, 9.17) is 5.11 Å². The summed E-state index contributed by atoms with van der Waals surface area (Å²) in [6, 6.07) is 0. The monoisotopic (exact) mass is 452 g/mol. The van der Waals surface area contributed by atoms with Crippen LogP contribution >= 0.6 is 0 Å². The molecule has 0 amide bonds. The van der Waals surface area contributed by atoms with Gasteiger partial charge in [-0.25, -0.2) is 33.7 Å². The van der Waals surface area contributed by atoms with Crippen molar-refractivity contribution in [1.29, 1.82) is 0 Å². The molecule has 17 nitrogen and oxygen atoms in total. The van der Waals surface area contributed by atoms with E-state index in [1.807, 2.05) is 0 Å². The van der Waals surface area contributed by atoms with E-state index in [2.05, 4.69) is 24.0 Å². The van der Waals surface area contributed by atoms with Gasteiger partial charge in [-0.2, -0.15) is 0 Å². The standard InChI is InChI=1S/C14H12O17/c15-2-1-12(24)3-4(16)27-6-8(19)31-30-7(18)5(17)13(25,9(20)21)29-11(23)14(6,26)28-10(12)22/h2,5-6,17,24-26H,1,3H2,(H,20,21). The highest BCUT2D eigenvalue weighted by Crippen LogP contribution is 2.32. The molecule has 2 heterocycles. The second-order valence-corrected chi connectivity index (χ2v) is 6.13. The van der Waals surface area contributed by atoms with E-state index in [0.717, 1.165) is 0 Å². The zero-order valence-corrected chi connectivity index (χ0v) is 14.8. The van der Waals surface area contributed by atoms with Crippen molar-refractivity contribution in [3.8, 4) is 0 Å². The van der Waals surface area contributed by atoms with Crippen LogP contribution in [0.1, 0.15) is 12.8 Å². The smallest absolute Gasteiger partial charge is 0.403 e. The number of aliphatic carboxylic acids is 1. The van der Waals surface area contributed by atoms with Crippen LogP contribution in [0.2, 0.25) is 0 Å². The van der Waals surface area contributed by atoms with Crippen molar-refractivity contribution in [2.75, 3.05) is 0 Å². The number of carbonyl (C=O) groups is 7. The molecule has 5 atom stereocenters. The van der Waals surface area contributed by atoms with Crippen molar-refractivity contribution in [1.82, 2.24) is 0 Å². The third-order valence-electron chi connectivity index (χ3n) is 3.95. The van der Waals surface area contributed by atoms with Crippen LogP contribution in [0, 0.1) is 0 Å². The van der Waals surface area contributed by atoms with E-state index in [9.17, 15) is 54.0 Å². The molecule has 31 heavy (non-hydrogen) atoms. The molecule has 2 saturated heterocycles. The molecule has 2 fully saturated rings. The molecule has 2 aliphatic rings. The Morgan fingerprint density at radius 3 is 2.13 bits per heavy atom. The largest absolute Gasteiger partial charge is 0.476 e. The van der Waals surface area contributed by atoms with Gasteiger partial charge in [-0.05, 0) is 0 Å². The lowest BCUT2D eigenvalue weighted by Gasteiger charge is -2.38. The molecular formula is C14H12O17. The molecule has 0 saturated carbocycles. The molecule has 0 aromatic rings. The number of carbonyl (C=O) groups excluding carboxylic acids is 6. The summed E-state index contributed by atoms with van der Waals surface area (Å²) in [6.07, 6.45) is -8.86. The molecular weight excluding hydrogens is 440 g/mol. The van der Waals surface area contributed by atoms with Crippen LogP contribution < -0.4 is 0 Å². The summed E-state index contributed by atoms with van der Waals surface area (Å²) in [5, 5.41) is 49.1. The number of aldehydes is 1. The van der Waals surface area contributed by atoms with Crippen molar-refractivity contribution in [3.05, 3.63) is 0 Å². The highest BCUT2D eigenvalue weighted by Gasteiger charge is 2.65. The second-order valence-electron chi connectivity index (χ2n) is 6.13. The molecule has 0 aromatic heterocycles. The summed E-state index contributed by atoms with van der Waals surface area (Å²) in [6.45, 7) is 0. The Balaban J connectivity index is 2.63. The first-order chi connectivity index (χ1) is 14.2. The second kappa shape index (κ2) is 7.87. The van der Waals surface area contributed by atoms with Crippen LogP contribution in [-0.4, -0.2) is 97.0 Å². The number of hydrogen-bond donors (Lipinski definition) is 5. The number of hydrogen-bond acceptors (Lipinski definition) is 16. The summed E-state index contributed by atoms with van der Waals surface area (Å²) < 4.78 is 12.6. The van der Waals surface area contributed by atoms with Crippen LogP contribution in [0.4, 0.5) is 0 Å². The normalized spacial score (nSPS) is 36.8. The van der Waals surface area contributed by atoms with E-state index < -0.39 is 78.0 Å². The van der Waals surface area contributed by atoms with E-state index in [0.29, 0.717) is 0 Å². The van der Waals surface area contributed by atoms with Crippen molar-refractivity contribution < 1.29 is 83.1 Å². The summed E-state index contributed by atoms with van der Waals surface area (Å²) in [5.41, 5.74) is -3.02. The Bertz CT molecular complexity index is 863. The van der Waals surface area contributed by atoms with Gasteiger partial charge in [-0.3, -0.25) is 4.79 Å². The van der Waals surface area contributed by atoms with Crippen molar-refractivity contribution in [3.63, 3.8) is 0 Å². The lowest BCUT2D eigenvalue weighted by atomic mass is 9.95. The zero-order chi connectivity index (χ0) is 23.8. The molecule has 0 bridgehead atoms. The number of aliphatic hydroxyl groups excluding tert-OH is 1. The fraction of sp³-hybridized carbons (Fsp3) is 0.500. The molecule has 2 aliphatic heterocycles. The Morgan fingerprint density at radius 2 is 1.58 bits per heavy atom. The predicted molar refractivity (Wildman–Crippen MR) is 78.0 cm³/mol. The minimum absolute atomic E-state index is 0.0589. The zero-order valence-electron chi connectivity index (χ0n) is 14.8. The summed E-state index contributed by atoms with van der Waals surface area (Å²) in [7, 11) is 0. The Hall–Kier alpha value is -3.67. The van der Waals surface area contributed by atoms with E-state index >= 15 is 0 Å². The van der Waals surface area contributed by atoms with Gasteiger partial charge in [0.25, 0.3) is 6.10 Å². The minimum atomic E-state index is -4.21. The average molecular weight is 452 g/mol. The summed E-state index contributed by atoms with van der Waals surface area (Å²) >= 11 is 0. The van der Waals surface area contributed by atoms with E-state index in [1.165, 1.54) is 0 Å². The molecule has 5 N–H and O–H groups in total. The first-order valence-corrected chi connectivity index (χ1v) is 7.82. The Labute approximate surface area is 168 Å². The summed E-state index contributed by atoms with van der Waals surface area (Å²) in [5.74, 6) is -21.7. The van der Waals surface area contributed by atoms with E-state index in [1.54, 1.807) is 0 Å². The maximum atomic E-state index is 12.4. The third-order valence-corrected chi connectivity index (χ3v) is 3.95. The van der Waals surface area contributed by atoms with Crippen LogP contribution in [-0.2, 0) is 57.5 Å². The number of fused-ring (bicyclic) bond motifs is 1. The quantitative estimate of drug-likeness (QED) is 0.116. The molecule has 0 aliphatic carbocycles. The van der Waals surface area contributed by atoms with Crippen LogP contribution in [0.5, 0.6) is 0 Å². The van der Waals surface area contributed by atoms with Crippen molar-refractivity contribution in [2.24, 2.45) is 0 Å². The number of esters is 3. The minimum Gasteiger partial charge on any atom is -0.476 e. The number of cyclic esters (lactones) is 1. The van der Waals surface area contributed by atoms with Crippen LogP contribution in [0.3, 0.4) is 0 Å². The molecule has 17 heteroatoms. The van der Waals surface area contributed by atoms with Gasteiger partial charge in [0.1, 0.15) is 6.29 Å². The SMILES string of the molecule is O=CCC1(O)CC(=O)OC2C(=O)OOC(=O)C(O)C(O)(C(=O)O)OC(=O)C2(O)OC1=O. The molecule has 2 rings (SSSR count). The topological polar surface area (TPSA) is 267 Å². The van der Waals surface area contributed by atoms with Crippen LogP contribution in [0.25, 0.3) is 0 Å². The van der Waals surface area contributed by atoms with Gasteiger partial charge in [-0.1, -0.05) is 0 Å². The number of ether oxygens (including phenoxy) is 3. The van der Waals surface area contributed by atoms with Gasteiger partial charge in [-0.15, -0.1) is 0 Å². The first kappa shape index (κ1) is 23.6. The predicted octanol–water partition coefficient (Wildman–Crippen LogP) is -5.45. The lowest BCUT2D eigenvalue weighted by molar-refractivity contribution is -0.323. The van der Waals surface area contributed by atoms with Crippen molar-refractivity contribution in [2.45, 2.75) is 42.2 Å². The third kappa shape index (κ3) is 4.01. The van der Waals surface area contributed by atoms with Gasteiger partial charge >= 0.3 is 47.4 Å². The maximum absolute atomic E-state index is 12.4. The number of carboxylic acid groups (broad SMARTS) is 1. The van der Waals surface area contributed by atoms with Gasteiger partial charge in [0.05, 0.1) is 6.42 Å². The highest BCUT2D eigenvalue weighted by molar-refractivity contribution is 5.98. The van der Waals surface area contributed by atoms with Gasteiger partial charge in [0.2, 0.25) is 6.10 Å². The highest BCUT2D eigenvalue weighted by atomic mass is 17.2. The summed E-state index contributed by atoms with van der Waals surface area (Å²) in [4.78, 5) is 89.7. The first-order valence-electron chi connectivity index (χ1n) is 7.82. The molecule has 0 spiro atoms. The molecule has 0 radical (unpaired) electrons. The van der Waals surface area contributed by atoms with Crippen molar-refractivity contribution >= 4 is 42.1 Å². The Morgan fingerprint density at radius 1 is 1.00 bits per heavy atom. The van der Waals surface area contributed by atoms with E-state index in [-0.39, 0.29) is 6.29 Å². The number of rotatable bonds is 3. The van der Waals surface area contributed by atoms with Gasteiger partial charge in [0, 0.05) is 6.42 Å². The van der Waals surface area contributed by atoms with Crippen LogP contribution in [0.15, 0.2) is 0 Å². The number of aliphatic hydroxyl groups is 4. The average Bonchev–Trinajstić information content (AvgIpc) is 2.67. The fourth-order valence-corrected chi connectivity index (χ4v) is 2.27. The van der Waals surface area contributed by atoms with Gasteiger partial charge < -0.3 is 44.5 Å². The molecule has 170 valence electrons. The number of carboxylic acids is 1. The maximum Gasteiger partial charge on any atom is 0.403 e. The fourth-order valence-electron chi connectivity index (χ4n) is 2.27. The van der Waals surface area contributed by atoms with Gasteiger partial charge in [0.15, 0.2) is 5.60 Å². The Kier molecular flexibility index (Phi) is 5.99. The lowest BCUT2D eigenvalue weighted by Crippen LogP contribution is -2.67. The molecule has 0 aromatic carbocycles.